The summed E-state index contributed by atoms with van der Waals surface area (Å²) in [6.45, 7) is 5.29. The van der Waals surface area contributed by atoms with Crippen molar-refractivity contribution in [2.45, 2.75) is 24.5 Å². The summed E-state index contributed by atoms with van der Waals surface area (Å²) in [5, 5.41) is 8.81. The van der Waals surface area contributed by atoms with Crippen LogP contribution in [0.15, 0.2) is 0 Å². The normalized spacial score (nSPS) is 39.5. The van der Waals surface area contributed by atoms with Crippen LogP contribution in [0.3, 0.4) is 0 Å². The van der Waals surface area contributed by atoms with E-state index in [1.165, 1.54) is 0 Å². The summed E-state index contributed by atoms with van der Waals surface area (Å²) in [6.07, 6.45) is 6.23. The van der Waals surface area contributed by atoms with E-state index in [0.29, 0.717) is 6.42 Å². The smallest absolute Gasteiger partial charge is 0.151 e. The molecule has 1 aliphatic heterocycles. The van der Waals surface area contributed by atoms with Gasteiger partial charge in [-0.25, -0.2) is 0 Å². The Morgan fingerprint density at radius 1 is 1.80 bits per heavy atom. The Bertz CT molecular complexity index is 159. The third kappa shape index (κ3) is 1.16. The van der Waals surface area contributed by atoms with Gasteiger partial charge in [-0.05, 0) is 19.8 Å². The Morgan fingerprint density at radius 2 is 2.50 bits per heavy atom. The Morgan fingerprint density at radius 3 is 2.70 bits per heavy atom. The summed E-state index contributed by atoms with van der Waals surface area (Å²) in [5.41, 5.74) is -0.792. The minimum Gasteiger partial charge on any atom is -0.392 e. The molecule has 2 heteroatoms. The minimum absolute atomic E-state index is 0.142. The number of aliphatic hydroxyl groups excluding tert-OH is 1. The van der Waals surface area contributed by atoms with Gasteiger partial charge in [-0.3, -0.25) is 0 Å². The molecule has 54 valence electrons. The highest BCUT2D eigenvalue weighted by Gasteiger charge is 2.36. The Kier molecular flexibility index (Phi) is 1.98. The van der Waals surface area contributed by atoms with Crippen LogP contribution < -0.4 is 0 Å². The molecule has 0 amide bonds. The highest BCUT2D eigenvalue weighted by molar-refractivity contribution is 5.11. The zero-order chi connectivity index (χ0) is 7.61. The maximum absolute atomic E-state index is 8.81. The third-order valence-electron chi connectivity index (χ3n) is 1.73. The van der Waals surface area contributed by atoms with E-state index in [0.717, 1.165) is 6.42 Å². The lowest BCUT2D eigenvalue weighted by atomic mass is 10.0. The maximum atomic E-state index is 8.81. The number of ether oxygens (including phenoxy) is 1. The number of rotatable bonds is 1. The second-order valence-electron chi connectivity index (χ2n) is 2.49. The summed E-state index contributed by atoms with van der Waals surface area (Å²) < 4.78 is 5.14. The Hall–Kier alpha value is -0.520. The molecule has 0 spiro atoms. The molecule has 10 heavy (non-hydrogen) atoms. The van der Waals surface area contributed by atoms with Crippen LogP contribution in [0.4, 0.5) is 0 Å². The van der Waals surface area contributed by atoms with Gasteiger partial charge < -0.3 is 9.84 Å². The number of aliphatic hydroxyl groups is 1. The highest BCUT2D eigenvalue weighted by Crippen LogP contribution is 2.28. The van der Waals surface area contributed by atoms with Crippen molar-refractivity contribution >= 4 is 0 Å². The predicted molar refractivity (Wildman–Crippen MR) is 37.1 cm³/mol. The van der Waals surface area contributed by atoms with Gasteiger partial charge in [-0.2, -0.15) is 0 Å². The average Bonchev–Trinajstić information content (AvgIpc) is 2.33. The van der Waals surface area contributed by atoms with E-state index in [2.05, 4.69) is 5.92 Å². The first kappa shape index (κ1) is 7.59. The van der Waals surface area contributed by atoms with Gasteiger partial charge in [0.1, 0.15) is 0 Å². The molecule has 1 rings (SSSR count). The SMILES string of the molecule is [CH][C@H]1CC[C@@](C#C)(CO)O1. The van der Waals surface area contributed by atoms with Gasteiger partial charge >= 0.3 is 0 Å². The molecule has 0 bridgehead atoms. The van der Waals surface area contributed by atoms with Gasteiger partial charge in [0.2, 0.25) is 0 Å². The van der Waals surface area contributed by atoms with Gasteiger partial charge in [-0.1, -0.05) is 5.92 Å². The molecular formula is C8H10O2. The molecule has 2 radical (unpaired) electrons. The van der Waals surface area contributed by atoms with Crippen molar-refractivity contribution in [2.75, 3.05) is 6.61 Å². The zero-order valence-electron chi connectivity index (χ0n) is 5.71. The van der Waals surface area contributed by atoms with E-state index in [-0.39, 0.29) is 12.7 Å². The second-order valence-corrected chi connectivity index (χ2v) is 2.49. The van der Waals surface area contributed by atoms with Gasteiger partial charge in [-0.15, -0.1) is 6.42 Å². The average molecular weight is 138 g/mol. The molecule has 1 aliphatic rings. The van der Waals surface area contributed by atoms with Gasteiger partial charge in [0.05, 0.1) is 12.7 Å². The van der Waals surface area contributed by atoms with Crippen molar-refractivity contribution in [3.63, 3.8) is 0 Å². The first-order chi connectivity index (χ1) is 4.72. The van der Waals surface area contributed by atoms with Crippen molar-refractivity contribution in [3.05, 3.63) is 6.92 Å². The molecule has 0 aliphatic carbocycles. The molecule has 1 heterocycles. The molecule has 1 fully saturated rings. The molecule has 0 unspecified atom stereocenters. The zero-order valence-corrected chi connectivity index (χ0v) is 5.71. The predicted octanol–water partition coefficient (Wildman–Crippen LogP) is 0.241. The molecular weight excluding hydrogens is 128 g/mol. The van der Waals surface area contributed by atoms with Crippen LogP contribution in [-0.4, -0.2) is 23.4 Å². The lowest BCUT2D eigenvalue weighted by Gasteiger charge is -2.19. The molecule has 0 aromatic carbocycles. The quantitative estimate of drug-likeness (QED) is 0.526. The number of hydrogen-bond donors (Lipinski definition) is 1. The van der Waals surface area contributed by atoms with Crippen LogP contribution in [0.5, 0.6) is 0 Å². The van der Waals surface area contributed by atoms with E-state index in [9.17, 15) is 0 Å². The first-order valence-corrected chi connectivity index (χ1v) is 3.24. The fourth-order valence-electron chi connectivity index (χ4n) is 1.05. The molecule has 2 atom stereocenters. The lowest BCUT2D eigenvalue weighted by molar-refractivity contribution is -0.0188. The van der Waals surface area contributed by atoms with Crippen LogP contribution in [0.2, 0.25) is 0 Å². The summed E-state index contributed by atoms with van der Waals surface area (Å²) in [5.74, 6) is 2.41. The topological polar surface area (TPSA) is 29.5 Å². The third-order valence-corrected chi connectivity index (χ3v) is 1.73. The largest absolute Gasteiger partial charge is 0.392 e. The second kappa shape index (κ2) is 2.61. The monoisotopic (exact) mass is 138 g/mol. The van der Waals surface area contributed by atoms with Crippen molar-refractivity contribution in [2.24, 2.45) is 0 Å². The summed E-state index contributed by atoms with van der Waals surface area (Å²) in [6, 6.07) is 0. The standard InChI is InChI=1S/C8H10O2/c1-3-8(6-9)5-4-7(2)10-8/h1-2,7,9H,4-6H2/t7-,8-/m0/s1. The Balaban J connectivity index is 2.62. The number of terminal acetylenes is 1. The van der Waals surface area contributed by atoms with Crippen LogP contribution in [0.1, 0.15) is 12.8 Å². The summed E-state index contributed by atoms with van der Waals surface area (Å²) >= 11 is 0. The van der Waals surface area contributed by atoms with E-state index in [1.807, 2.05) is 0 Å². The maximum Gasteiger partial charge on any atom is 0.151 e. The van der Waals surface area contributed by atoms with Crippen molar-refractivity contribution in [1.29, 1.82) is 0 Å². The fraction of sp³-hybridized carbons (Fsp3) is 0.625. The first-order valence-electron chi connectivity index (χ1n) is 3.24. The minimum atomic E-state index is -0.792. The molecule has 0 aromatic rings. The molecule has 0 saturated carbocycles. The van der Waals surface area contributed by atoms with Crippen LogP contribution in [0.25, 0.3) is 0 Å². The lowest BCUT2D eigenvalue weighted by Crippen LogP contribution is -2.31. The van der Waals surface area contributed by atoms with E-state index in [1.54, 1.807) is 0 Å². The van der Waals surface area contributed by atoms with E-state index >= 15 is 0 Å². The van der Waals surface area contributed by atoms with Crippen molar-refractivity contribution < 1.29 is 9.84 Å². The van der Waals surface area contributed by atoms with Crippen LogP contribution in [0, 0.1) is 19.3 Å². The molecule has 0 aromatic heterocycles. The van der Waals surface area contributed by atoms with Crippen molar-refractivity contribution in [1.82, 2.24) is 0 Å². The van der Waals surface area contributed by atoms with Gasteiger partial charge in [0.25, 0.3) is 0 Å². The molecule has 1 N–H and O–H groups in total. The van der Waals surface area contributed by atoms with Crippen LogP contribution >= 0.6 is 0 Å². The number of hydrogen-bond acceptors (Lipinski definition) is 2. The van der Waals surface area contributed by atoms with Gasteiger partial charge in [0, 0.05) is 0 Å². The summed E-state index contributed by atoms with van der Waals surface area (Å²) in [4.78, 5) is 0. The molecule has 2 nitrogen and oxygen atoms in total. The summed E-state index contributed by atoms with van der Waals surface area (Å²) in [7, 11) is 0. The van der Waals surface area contributed by atoms with E-state index in [4.69, 9.17) is 23.2 Å². The Labute approximate surface area is 61.2 Å². The van der Waals surface area contributed by atoms with E-state index < -0.39 is 5.60 Å². The van der Waals surface area contributed by atoms with Crippen molar-refractivity contribution in [3.8, 4) is 12.3 Å². The fourth-order valence-corrected chi connectivity index (χ4v) is 1.05. The molecule has 1 saturated heterocycles. The van der Waals surface area contributed by atoms with Crippen LogP contribution in [-0.2, 0) is 4.74 Å². The van der Waals surface area contributed by atoms with Gasteiger partial charge in [0.15, 0.2) is 5.60 Å². The highest BCUT2D eigenvalue weighted by atomic mass is 16.5.